The number of aromatic nitrogens is 1. The van der Waals surface area contributed by atoms with E-state index in [2.05, 4.69) is 196 Å². The number of benzene rings is 7. The minimum absolute atomic E-state index is 0.0830. The predicted octanol–water partition coefficient (Wildman–Crippen LogP) is 13.0. The van der Waals surface area contributed by atoms with Crippen molar-refractivity contribution < 1.29 is 0 Å². The number of rotatable bonds is 4. The first-order valence-electron chi connectivity index (χ1n) is 17.4. The molecule has 0 aliphatic carbocycles. The molecule has 1 aliphatic heterocycles. The lowest BCUT2D eigenvalue weighted by Gasteiger charge is -2.34. The summed E-state index contributed by atoms with van der Waals surface area (Å²) in [5, 5.41) is 5.09. The number of anilines is 3. The molecule has 9 rings (SSSR count). The summed E-state index contributed by atoms with van der Waals surface area (Å²) < 4.78 is 2.49. The standard InChI is InChI=1S/C47H40N2/c1-46(2,3)35-21-25-37(26-22-35)48(36-23-19-32(20-24-36)34-18-17-31-11-6-7-12-33(31)29-34)38-27-28-43-40(30-38)39-13-10-15-42-45(39)49(43)44-16-9-8-14-41(44)47(42,4)5/h6-30H,1-5H3. The molecular weight excluding hydrogens is 593 g/mol. The number of para-hydroxylation sites is 2. The Morgan fingerprint density at radius 3 is 1.90 bits per heavy atom. The Balaban J connectivity index is 1.22. The van der Waals surface area contributed by atoms with E-state index in [1.54, 1.807) is 0 Å². The second-order valence-electron chi connectivity index (χ2n) is 15.1. The number of hydrogen-bond donors (Lipinski definition) is 0. The van der Waals surface area contributed by atoms with Crippen molar-refractivity contribution in [3.8, 4) is 16.8 Å². The number of nitrogens with zero attached hydrogens (tertiary/aromatic N) is 2. The maximum Gasteiger partial charge on any atom is 0.0582 e. The van der Waals surface area contributed by atoms with Crippen LogP contribution in [-0.2, 0) is 10.8 Å². The summed E-state index contributed by atoms with van der Waals surface area (Å²) in [5.41, 5.74) is 13.8. The maximum atomic E-state index is 2.49. The Morgan fingerprint density at radius 2 is 1.14 bits per heavy atom. The summed E-state index contributed by atoms with van der Waals surface area (Å²) in [6.07, 6.45) is 0. The monoisotopic (exact) mass is 632 g/mol. The number of fused-ring (bicyclic) bond motifs is 6. The zero-order valence-corrected chi connectivity index (χ0v) is 28.8. The van der Waals surface area contributed by atoms with Gasteiger partial charge in [0, 0.05) is 33.2 Å². The highest BCUT2D eigenvalue weighted by Gasteiger charge is 2.34. The Morgan fingerprint density at radius 1 is 0.510 bits per heavy atom. The molecule has 8 aromatic rings. The highest BCUT2D eigenvalue weighted by atomic mass is 15.1. The van der Waals surface area contributed by atoms with Crippen molar-refractivity contribution >= 4 is 49.6 Å². The van der Waals surface area contributed by atoms with Gasteiger partial charge in [0.25, 0.3) is 0 Å². The van der Waals surface area contributed by atoms with Gasteiger partial charge >= 0.3 is 0 Å². The van der Waals surface area contributed by atoms with Crippen molar-refractivity contribution in [3.05, 3.63) is 168 Å². The normalized spacial score (nSPS) is 13.6. The second kappa shape index (κ2) is 10.7. The van der Waals surface area contributed by atoms with Gasteiger partial charge in [-0.15, -0.1) is 0 Å². The quantitative estimate of drug-likeness (QED) is 0.187. The molecule has 0 unspecified atom stereocenters. The SMILES string of the molecule is CC(C)(C)c1ccc(N(c2ccc(-c3ccc4ccccc4c3)cc2)c2ccc3c(c2)c2cccc4c2n3-c2ccccc2C4(C)C)cc1. The summed E-state index contributed by atoms with van der Waals surface area (Å²) in [6, 6.07) is 56.2. The van der Waals surface area contributed by atoms with Crippen LogP contribution in [0.25, 0.3) is 49.4 Å². The van der Waals surface area contributed by atoms with Crippen LogP contribution in [0.3, 0.4) is 0 Å². The van der Waals surface area contributed by atoms with Crippen molar-refractivity contribution in [3.63, 3.8) is 0 Å². The molecule has 0 atom stereocenters. The lowest BCUT2D eigenvalue weighted by Crippen LogP contribution is -2.26. The maximum absolute atomic E-state index is 2.49. The Labute approximate surface area is 288 Å². The number of hydrogen-bond acceptors (Lipinski definition) is 1. The Bertz CT molecular complexity index is 2540. The third kappa shape index (κ3) is 4.62. The van der Waals surface area contributed by atoms with E-state index >= 15 is 0 Å². The minimum Gasteiger partial charge on any atom is -0.310 e. The largest absolute Gasteiger partial charge is 0.310 e. The first-order chi connectivity index (χ1) is 23.7. The molecule has 0 bridgehead atoms. The third-order valence-corrected chi connectivity index (χ3v) is 10.7. The topological polar surface area (TPSA) is 8.17 Å². The van der Waals surface area contributed by atoms with Gasteiger partial charge in [0.1, 0.15) is 0 Å². The molecule has 2 heterocycles. The van der Waals surface area contributed by atoms with Gasteiger partial charge in [0.05, 0.1) is 16.7 Å². The van der Waals surface area contributed by atoms with Crippen LogP contribution in [0.5, 0.6) is 0 Å². The molecule has 2 nitrogen and oxygen atoms in total. The molecule has 0 radical (unpaired) electrons. The highest BCUT2D eigenvalue weighted by molar-refractivity contribution is 6.12. The van der Waals surface area contributed by atoms with Gasteiger partial charge in [-0.05, 0) is 98.6 Å². The van der Waals surface area contributed by atoms with Gasteiger partial charge in [-0.25, -0.2) is 0 Å². The van der Waals surface area contributed by atoms with Crippen molar-refractivity contribution in [1.29, 1.82) is 0 Å². The average Bonchev–Trinajstić information content (AvgIpc) is 3.45. The van der Waals surface area contributed by atoms with Crippen LogP contribution >= 0.6 is 0 Å². The first-order valence-corrected chi connectivity index (χ1v) is 17.4. The van der Waals surface area contributed by atoms with E-state index in [-0.39, 0.29) is 10.8 Å². The van der Waals surface area contributed by atoms with Crippen LogP contribution in [0.4, 0.5) is 17.1 Å². The fourth-order valence-electron chi connectivity index (χ4n) is 8.02. The Kier molecular flexibility index (Phi) is 6.45. The zero-order chi connectivity index (χ0) is 33.5. The smallest absolute Gasteiger partial charge is 0.0582 e. The fourth-order valence-corrected chi connectivity index (χ4v) is 8.02. The fraction of sp³-hybridized carbons (Fsp3) is 0.149. The van der Waals surface area contributed by atoms with Crippen LogP contribution in [0, 0.1) is 0 Å². The lowest BCUT2D eigenvalue weighted by molar-refractivity contribution is 0.590. The van der Waals surface area contributed by atoms with Gasteiger partial charge in [0.15, 0.2) is 0 Å². The molecule has 49 heavy (non-hydrogen) atoms. The van der Waals surface area contributed by atoms with Gasteiger partial charge < -0.3 is 9.47 Å². The average molecular weight is 633 g/mol. The molecule has 0 spiro atoms. The third-order valence-electron chi connectivity index (χ3n) is 10.7. The zero-order valence-electron chi connectivity index (χ0n) is 28.8. The van der Waals surface area contributed by atoms with Gasteiger partial charge in [-0.2, -0.15) is 0 Å². The molecule has 7 aromatic carbocycles. The lowest BCUT2D eigenvalue weighted by atomic mass is 9.75. The van der Waals surface area contributed by atoms with E-state index in [0.717, 1.165) is 17.1 Å². The predicted molar refractivity (Wildman–Crippen MR) is 209 cm³/mol. The van der Waals surface area contributed by atoms with E-state index in [9.17, 15) is 0 Å². The summed E-state index contributed by atoms with van der Waals surface area (Å²) in [4.78, 5) is 2.40. The van der Waals surface area contributed by atoms with Crippen LogP contribution in [0.1, 0.15) is 51.3 Å². The summed E-state index contributed by atoms with van der Waals surface area (Å²) in [7, 11) is 0. The first kappa shape index (κ1) is 29.5. The van der Waals surface area contributed by atoms with E-state index in [0.29, 0.717) is 0 Å². The molecule has 1 aromatic heterocycles. The van der Waals surface area contributed by atoms with E-state index in [1.165, 1.54) is 66.1 Å². The Hall–Kier alpha value is -5.60. The van der Waals surface area contributed by atoms with Crippen molar-refractivity contribution in [1.82, 2.24) is 4.57 Å². The molecule has 2 heteroatoms. The van der Waals surface area contributed by atoms with Crippen LogP contribution < -0.4 is 4.90 Å². The van der Waals surface area contributed by atoms with E-state index in [4.69, 9.17) is 0 Å². The van der Waals surface area contributed by atoms with Gasteiger partial charge in [0.2, 0.25) is 0 Å². The summed E-state index contributed by atoms with van der Waals surface area (Å²) in [5.74, 6) is 0. The summed E-state index contributed by atoms with van der Waals surface area (Å²) >= 11 is 0. The molecular formula is C47H40N2. The van der Waals surface area contributed by atoms with E-state index in [1.807, 2.05) is 0 Å². The van der Waals surface area contributed by atoms with Gasteiger partial charge in [-0.3, -0.25) is 0 Å². The highest BCUT2D eigenvalue weighted by Crippen LogP contribution is 2.48. The molecule has 0 N–H and O–H groups in total. The summed E-state index contributed by atoms with van der Waals surface area (Å²) in [6.45, 7) is 11.5. The van der Waals surface area contributed by atoms with E-state index < -0.39 is 0 Å². The van der Waals surface area contributed by atoms with Crippen molar-refractivity contribution in [2.45, 2.75) is 45.4 Å². The van der Waals surface area contributed by atoms with Gasteiger partial charge in [-0.1, -0.05) is 132 Å². The molecule has 0 saturated carbocycles. The van der Waals surface area contributed by atoms with Crippen LogP contribution in [-0.4, -0.2) is 4.57 Å². The second-order valence-corrected chi connectivity index (χ2v) is 15.1. The minimum atomic E-state index is -0.0864. The molecule has 0 amide bonds. The molecule has 1 aliphatic rings. The van der Waals surface area contributed by atoms with Crippen molar-refractivity contribution in [2.75, 3.05) is 4.90 Å². The van der Waals surface area contributed by atoms with Crippen LogP contribution in [0.15, 0.2) is 152 Å². The molecule has 238 valence electrons. The molecule has 0 saturated heterocycles. The van der Waals surface area contributed by atoms with Crippen molar-refractivity contribution in [2.24, 2.45) is 0 Å². The van der Waals surface area contributed by atoms with Crippen LogP contribution in [0.2, 0.25) is 0 Å². The molecule has 0 fully saturated rings.